The molecule has 0 amide bonds. The minimum Gasteiger partial charge on any atom is -0.399 e. The molecule has 2 N–H and O–H groups in total. The maximum absolute atomic E-state index is 5.99. The van der Waals surface area contributed by atoms with Crippen molar-refractivity contribution in [3.63, 3.8) is 0 Å². The van der Waals surface area contributed by atoms with E-state index in [0.717, 1.165) is 11.4 Å². The van der Waals surface area contributed by atoms with Gasteiger partial charge in [0.2, 0.25) is 0 Å². The molecule has 14 heavy (non-hydrogen) atoms. The van der Waals surface area contributed by atoms with Crippen LogP contribution in [0.1, 0.15) is 5.69 Å². The number of hydrogen-bond donors (Lipinski definition) is 1. The average Bonchev–Trinajstić information content (AvgIpc) is 2.45. The van der Waals surface area contributed by atoms with Crippen LogP contribution in [0, 0.1) is 6.92 Å². The van der Waals surface area contributed by atoms with Crippen molar-refractivity contribution in [2.45, 2.75) is 6.92 Å². The molecular formula is C10H10ClN3. The van der Waals surface area contributed by atoms with Gasteiger partial charge in [0, 0.05) is 5.69 Å². The lowest BCUT2D eigenvalue weighted by Gasteiger charge is -2.03. The summed E-state index contributed by atoms with van der Waals surface area (Å²) in [6, 6.07) is 9.25. The van der Waals surface area contributed by atoms with Crippen LogP contribution in [0.2, 0.25) is 5.15 Å². The fraction of sp³-hybridized carbons (Fsp3) is 0.100. The van der Waals surface area contributed by atoms with Gasteiger partial charge in [0.1, 0.15) is 5.15 Å². The molecule has 0 aliphatic carbocycles. The Hall–Kier alpha value is -1.48. The van der Waals surface area contributed by atoms with E-state index in [2.05, 4.69) is 5.10 Å². The maximum atomic E-state index is 5.99. The first kappa shape index (κ1) is 9.09. The molecule has 3 nitrogen and oxygen atoms in total. The first-order chi connectivity index (χ1) is 6.66. The molecular weight excluding hydrogens is 198 g/mol. The van der Waals surface area contributed by atoms with Crippen LogP contribution in [-0.2, 0) is 0 Å². The first-order valence-electron chi connectivity index (χ1n) is 4.25. The fourth-order valence-corrected chi connectivity index (χ4v) is 1.60. The standard InChI is InChI=1S/C10H10ClN3/c1-7-5-10(11)14(13-7)9-4-2-3-8(12)6-9/h2-6H,12H2,1H3. The minimum atomic E-state index is 0.591. The normalized spacial score (nSPS) is 10.4. The Labute approximate surface area is 87.1 Å². The Bertz CT molecular complexity index is 462. The number of anilines is 1. The van der Waals surface area contributed by atoms with E-state index in [9.17, 15) is 0 Å². The molecule has 1 aromatic carbocycles. The number of aromatic nitrogens is 2. The van der Waals surface area contributed by atoms with Crippen LogP contribution >= 0.6 is 11.6 Å². The number of hydrogen-bond acceptors (Lipinski definition) is 2. The van der Waals surface area contributed by atoms with Crippen molar-refractivity contribution in [1.29, 1.82) is 0 Å². The molecule has 1 heterocycles. The lowest BCUT2D eigenvalue weighted by Crippen LogP contribution is -1.97. The van der Waals surface area contributed by atoms with Crippen LogP contribution in [0.5, 0.6) is 0 Å². The predicted octanol–water partition coefficient (Wildman–Crippen LogP) is 2.42. The van der Waals surface area contributed by atoms with Crippen molar-refractivity contribution in [2.24, 2.45) is 0 Å². The SMILES string of the molecule is Cc1cc(Cl)n(-c2cccc(N)c2)n1. The first-order valence-corrected chi connectivity index (χ1v) is 4.63. The highest BCUT2D eigenvalue weighted by molar-refractivity contribution is 6.29. The maximum Gasteiger partial charge on any atom is 0.133 e. The molecule has 0 aliphatic heterocycles. The van der Waals surface area contributed by atoms with Crippen LogP contribution in [0.3, 0.4) is 0 Å². The molecule has 0 saturated carbocycles. The van der Waals surface area contributed by atoms with Gasteiger partial charge in [-0.25, -0.2) is 4.68 Å². The third kappa shape index (κ3) is 1.59. The smallest absolute Gasteiger partial charge is 0.133 e. The van der Waals surface area contributed by atoms with Crippen LogP contribution in [0.15, 0.2) is 30.3 Å². The second-order valence-electron chi connectivity index (χ2n) is 3.12. The van der Waals surface area contributed by atoms with Gasteiger partial charge < -0.3 is 5.73 Å². The lowest BCUT2D eigenvalue weighted by molar-refractivity contribution is 0.864. The van der Waals surface area contributed by atoms with Gasteiger partial charge in [-0.05, 0) is 31.2 Å². The number of nitrogen functional groups attached to an aromatic ring is 1. The summed E-state index contributed by atoms with van der Waals surface area (Å²) in [7, 11) is 0. The Balaban J connectivity index is 2.54. The summed E-state index contributed by atoms with van der Waals surface area (Å²) in [5.41, 5.74) is 8.13. The number of benzene rings is 1. The van der Waals surface area contributed by atoms with Gasteiger partial charge in [-0.2, -0.15) is 5.10 Å². The highest BCUT2D eigenvalue weighted by Gasteiger charge is 2.04. The Morgan fingerprint density at radius 1 is 1.36 bits per heavy atom. The summed E-state index contributed by atoms with van der Waals surface area (Å²) in [6.45, 7) is 1.90. The number of rotatable bonds is 1. The van der Waals surface area contributed by atoms with Gasteiger partial charge in [-0.15, -0.1) is 0 Å². The number of nitrogens with two attached hydrogens (primary N) is 1. The van der Waals surface area contributed by atoms with E-state index in [1.54, 1.807) is 4.68 Å². The lowest BCUT2D eigenvalue weighted by atomic mass is 10.3. The van der Waals surface area contributed by atoms with Gasteiger partial charge in [0.05, 0.1) is 11.4 Å². The van der Waals surface area contributed by atoms with Crippen LogP contribution in [-0.4, -0.2) is 9.78 Å². The Kier molecular flexibility index (Phi) is 2.17. The quantitative estimate of drug-likeness (QED) is 0.730. The van der Waals surface area contributed by atoms with Crippen molar-refractivity contribution in [1.82, 2.24) is 9.78 Å². The highest BCUT2D eigenvalue weighted by Crippen LogP contribution is 2.18. The second kappa shape index (κ2) is 3.35. The van der Waals surface area contributed by atoms with Crippen molar-refractivity contribution < 1.29 is 0 Å². The Morgan fingerprint density at radius 2 is 2.14 bits per heavy atom. The van der Waals surface area contributed by atoms with E-state index >= 15 is 0 Å². The minimum absolute atomic E-state index is 0.591. The number of aryl methyl sites for hydroxylation is 1. The number of nitrogens with zero attached hydrogens (tertiary/aromatic N) is 2. The van der Waals surface area contributed by atoms with E-state index in [1.807, 2.05) is 37.3 Å². The van der Waals surface area contributed by atoms with Crippen LogP contribution in [0.4, 0.5) is 5.69 Å². The van der Waals surface area contributed by atoms with Crippen molar-refractivity contribution in [3.05, 3.63) is 41.2 Å². The zero-order chi connectivity index (χ0) is 10.1. The summed E-state index contributed by atoms with van der Waals surface area (Å²) in [6.07, 6.45) is 0. The third-order valence-electron chi connectivity index (χ3n) is 1.90. The summed E-state index contributed by atoms with van der Waals surface area (Å²) in [5.74, 6) is 0. The van der Waals surface area contributed by atoms with E-state index < -0.39 is 0 Å². The molecule has 0 aliphatic rings. The van der Waals surface area contributed by atoms with E-state index in [-0.39, 0.29) is 0 Å². The van der Waals surface area contributed by atoms with Crippen molar-refractivity contribution >= 4 is 17.3 Å². The van der Waals surface area contributed by atoms with E-state index in [4.69, 9.17) is 17.3 Å². The summed E-state index contributed by atoms with van der Waals surface area (Å²) in [4.78, 5) is 0. The predicted molar refractivity (Wildman–Crippen MR) is 57.7 cm³/mol. The van der Waals surface area contributed by atoms with Gasteiger partial charge in [-0.3, -0.25) is 0 Å². The second-order valence-corrected chi connectivity index (χ2v) is 3.50. The Morgan fingerprint density at radius 3 is 2.71 bits per heavy atom. The largest absolute Gasteiger partial charge is 0.399 e. The highest BCUT2D eigenvalue weighted by atomic mass is 35.5. The fourth-order valence-electron chi connectivity index (χ4n) is 1.31. The van der Waals surface area contributed by atoms with E-state index in [1.165, 1.54) is 0 Å². The van der Waals surface area contributed by atoms with Crippen molar-refractivity contribution in [2.75, 3.05) is 5.73 Å². The van der Waals surface area contributed by atoms with Crippen LogP contribution in [0.25, 0.3) is 5.69 Å². The van der Waals surface area contributed by atoms with E-state index in [0.29, 0.717) is 10.8 Å². The summed E-state index contributed by atoms with van der Waals surface area (Å²) in [5, 5.41) is 4.84. The molecule has 0 atom stereocenters. The third-order valence-corrected chi connectivity index (χ3v) is 2.17. The zero-order valence-electron chi connectivity index (χ0n) is 7.74. The molecule has 0 bridgehead atoms. The van der Waals surface area contributed by atoms with Gasteiger partial charge in [0.15, 0.2) is 0 Å². The van der Waals surface area contributed by atoms with Crippen LogP contribution < -0.4 is 5.73 Å². The topological polar surface area (TPSA) is 43.8 Å². The molecule has 0 fully saturated rings. The molecule has 1 aromatic heterocycles. The van der Waals surface area contributed by atoms with Gasteiger partial charge in [0.25, 0.3) is 0 Å². The van der Waals surface area contributed by atoms with Gasteiger partial charge in [-0.1, -0.05) is 17.7 Å². The molecule has 2 rings (SSSR count). The van der Waals surface area contributed by atoms with Crippen molar-refractivity contribution in [3.8, 4) is 5.69 Å². The summed E-state index contributed by atoms with van der Waals surface area (Å²) >= 11 is 5.99. The average molecular weight is 208 g/mol. The zero-order valence-corrected chi connectivity index (χ0v) is 8.49. The molecule has 0 radical (unpaired) electrons. The number of halogens is 1. The van der Waals surface area contributed by atoms with Gasteiger partial charge >= 0.3 is 0 Å². The molecule has 4 heteroatoms. The summed E-state index contributed by atoms with van der Waals surface area (Å²) < 4.78 is 1.66. The molecule has 0 saturated heterocycles. The monoisotopic (exact) mass is 207 g/mol. The molecule has 0 spiro atoms. The molecule has 72 valence electrons. The molecule has 2 aromatic rings. The molecule has 0 unspecified atom stereocenters.